The number of nitrogens with two attached hydrogens (primary N) is 1. The van der Waals surface area contributed by atoms with Crippen molar-refractivity contribution in [1.82, 2.24) is 4.98 Å². The van der Waals surface area contributed by atoms with Crippen LogP contribution in [-0.2, 0) is 0 Å². The van der Waals surface area contributed by atoms with E-state index in [4.69, 9.17) is 5.73 Å². The highest BCUT2D eigenvalue weighted by Gasteiger charge is 2.21. The van der Waals surface area contributed by atoms with Crippen molar-refractivity contribution >= 4 is 0 Å². The lowest BCUT2D eigenvalue weighted by Gasteiger charge is -2.27. The molecular weight excluding hydrogens is 148 g/mol. The summed E-state index contributed by atoms with van der Waals surface area (Å²) >= 11 is 0. The van der Waals surface area contributed by atoms with E-state index in [-0.39, 0.29) is 11.5 Å². The van der Waals surface area contributed by atoms with Gasteiger partial charge in [0, 0.05) is 18.4 Å². The molecule has 1 rings (SSSR count). The van der Waals surface area contributed by atoms with E-state index in [9.17, 15) is 0 Å². The van der Waals surface area contributed by atoms with Gasteiger partial charge in [-0.2, -0.15) is 0 Å². The Morgan fingerprint density at radius 3 is 2.17 bits per heavy atom. The highest BCUT2D eigenvalue weighted by molar-refractivity contribution is 5.16. The average molecular weight is 164 g/mol. The van der Waals surface area contributed by atoms with Crippen LogP contribution < -0.4 is 5.73 Å². The first kappa shape index (κ1) is 9.20. The summed E-state index contributed by atoms with van der Waals surface area (Å²) in [5, 5.41) is 0. The maximum Gasteiger partial charge on any atom is 0.0345 e. The zero-order valence-corrected chi connectivity index (χ0v) is 7.91. The Morgan fingerprint density at radius 1 is 1.25 bits per heavy atom. The van der Waals surface area contributed by atoms with Crippen molar-refractivity contribution in [2.75, 3.05) is 0 Å². The van der Waals surface area contributed by atoms with Crippen molar-refractivity contribution < 1.29 is 0 Å². The maximum absolute atomic E-state index is 6.04. The quantitative estimate of drug-likeness (QED) is 0.690. The van der Waals surface area contributed by atoms with E-state index < -0.39 is 0 Å². The molecule has 2 nitrogen and oxygen atoms in total. The summed E-state index contributed by atoms with van der Waals surface area (Å²) < 4.78 is 0. The van der Waals surface area contributed by atoms with Gasteiger partial charge in [-0.25, -0.2) is 0 Å². The fraction of sp³-hybridized carbons (Fsp3) is 0.500. The third kappa shape index (κ3) is 2.05. The van der Waals surface area contributed by atoms with E-state index in [1.54, 1.807) is 12.4 Å². The second kappa shape index (κ2) is 3.23. The standard InChI is InChI=1S/C10H16N2/c1-10(2,3)9(11)8-4-6-12-7-5-8/h4-7,9H,11H2,1-3H3/t9-/m1/s1. The normalized spacial score (nSPS) is 14.3. The Kier molecular flexibility index (Phi) is 2.48. The molecule has 2 N–H and O–H groups in total. The molecule has 2 heteroatoms. The average Bonchev–Trinajstić information content (AvgIpc) is 2.03. The molecule has 1 atom stereocenters. The lowest BCUT2D eigenvalue weighted by atomic mass is 9.83. The highest BCUT2D eigenvalue weighted by Crippen LogP contribution is 2.29. The number of aromatic nitrogens is 1. The van der Waals surface area contributed by atoms with Gasteiger partial charge in [0.15, 0.2) is 0 Å². The van der Waals surface area contributed by atoms with Crippen LogP contribution in [0.25, 0.3) is 0 Å². The monoisotopic (exact) mass is 164 g/mol. The number of hydrogen-bond acceptors (Lipinski definition) is 2. The molecule has 1 aromatic heterocycles. The van der Waals surface area contributed by atoms with E-state index >= 15 is 0 Å². The summed E-state index contributed by atoms with van der Waals surface area (Å²) in [5.74, 6) is 0. The molecule has 0 bridgehead atoms. The van der Waals surface area contributed by atoms with Crippen LogP contribution in [0.1, 0.15) is 32.4 Å². The Morgan fingerprint density at radius 2 is 1.75 bits per heavy atom. The van der Waals surface area contributed by atoms with E-state index in [0.717, 1.165) is 5.56 Å². The minimum atomic E-state index is 0.0838. The van der Waals surface area contributed by atoms with Gasteiger partial charge in [0.1, 0.15) is 0 Å². The van der Waals surface area contributed by atoms with Crippen LogP contribution in [0.2, 0.25) is 0 Å². The predicted molar refractivity (Wildman–Crippen MR) is 50.6 cm³/mol. The smallest absolute Gasteiger partial charge is 0.0345 e. The van der Waals surface area contributed by atoms with E-state index in [1.807, 2.05) is 12.1 Å². The van der Waals surface area contributed by atoms with Crippen molar-refractivity contribution in [3.05, 3.63) is 30.1 Å². The molecule has 0 aliphatic rings. The van der Waals surface area contributed by atoms with Gasteiger partial charge in [0.25, 0.3) is 0 Å². The predicted octanol–water partition coefficient (Wildman–Crippen LogP) is 2.13. The molecule has 0 saturated carbocycles. The van der Waals surface area contributed by atoms with Gasteiger partial charge in [-0.1, -0.05) is 20.8 Å². The fourth-order valence-electron chi connectivity index (χ4n) is 1.07. The van der Waals surface area contributed by atoms with E-state index in [1.165, 1.54) is 0 Å². The summed E-state index contributed by atoms with van der Waals surface area (Å²) in [4.78, 5) is 3.95. The van der Waals surface area contributed by atoms with Gasteiger partial charge in [0.2, 0.25) is 0 Å². The largest absolute Gasteiger partial charge is 0.324 e. The number of hydrogen-bond donors (Lipinski definition) is 1. The molecule has 1 heterocycles. The van der Waals surface area contributed by atoms with Crippen LogP contribution in [0.15, 0.2) is 24.5 Å². The SMILES string of the molecule is CC(C)(C)[C@H](N)c1ccncc1. The Balaban J connectivity index is 2.86. The van der Waals surface area contributed by atoms with Crippen LogP contribution in [0.4, 0.5) is 0 Å². The Hall–Kier alpha value is -0.890. The van der Waals surface area contributed by atoms with Crippen molar-refractivity contribution in [3.8, 4) is 0 Å². The lowest BCUT2D eigenvalue weighted by Crippen LogP contribution is -2.26. The fourth-order valence-corrected chi connectivity index (χ4v) is 1.07. The molecule has 0 fully saturated rings. The van der Waals surface area contributed by atoms with Gasteiger partial charge >= 0.3 is 0 Å². The minimum Gasteiger partial charge on any atom is -0.324 e. The number of nitrogens with zero attached hydrogens (tertiary/aromatic N) is 1. The first-order valence-corrected chi connectivity index (χ1v) is 4.17. The molecule has 12 heavy (non-hydrogen) atoms. The molecule has 0 aliphatic carbocycles. The molecule has 0 unspecified atom stereocenters. The van der Waals surface area contributed by atoms with E-state index in [2.05, 4.69) is 25.8 Å². The highest BCUT2D eigenvalue weighted by atomic mass is 14.7. The zero-order valence-electron chi connectivity index (χ0n) is 7.91. The summed E-state index contributed by atoms with van der Waals surface area (Å²) in [6, 6.07) is 4.02. The van der Waals surface area contributed by atoms with Crippen molar-refractivity contribution in [2.45, 2.75) is 26.8 Å². The first-order valence-electron chi connectivity index (χ1n) is 4.17. The van der Waals surface area contributed by atoms with Gasteiger partial charge in [-0.3, -0.25) is 4.98 Å². The molecule has 0 amide bonds. The molecular formula is C10H16N2. The maximum atomic E-state index is 6.04. The summed E-state index contributed by atoms with van der Waals surface area (Å²) in [6.45, 7) is 6.41. The minimum absolute atomic E-state index is 0.0838. The molecule has 66 valence electrons. The van der Waals surface area contributed by atoms with Crippen LogP contribution in [-0.4, -0.2) is 4.98 Å². The van der Waals surface area contributed by atoms with E-state index in [0.29, 0.717) is 0 Å². The summed E-state index contributed by atoms with van der Waals surface area (Å²) in [5.41, 5.74) is 7.31. The van der Waals surface area contributed by atoms with Crippen molar-refractivity contribution in [2.24, 2.45) is 11.1 Å². The van der Waals surface area contributed by atoms with Crippen molar-refractivity contribution in [3.63, 3.8) is 0 Å². The first-order chi connectivity index (χ1) is 5.52. The third-order valence-corrected chi connectivity index (χ3v) is 2.00. The van der Waals surface area contributed by atoms with Gasteiger partial charge in [-0.05, 0) is 23.1 Å². The molecule has 0 spiro atoms. The van der Waals surface area contributed by atoms with Crippen LogP contribution in [0.3, 0.4) is 0 Å². The van der Waals surface area contributed by atoms with Crippen LogP contribution in [0.5, 0.6) is 0 Å². The van der Waals surface area contributed by atoms with Gasteiger partial charge in [-0.15, -0.1) is 0 Å². The Bertz CT molecular complexity index is 236. The summed E-state index contributed by atoms with van der Waals surface area (Å²) in [6.07, 6.45) is 3.56. The van der Waals surface area contributed by atoms with Gasteiger partial charge in [0.05, 0.1) is 0 Å². The molecule has 1 aromatic rings. The third-order valence-electron chi connectivity index (χ3n) is 2.00. The second-order valence-corrected chi connectivity index (χ2v) is 4.12. The number of rotatable bonds is 1. The second-order valence-electron chi connectivity index (χ2n) is 4.12. The van der Waals surface area contributed by atoms with Crippen LogP contribution in [0, 0.1) is 5.41 Å². The molecule has 0 radical (unpaired) electrons. The lowest BCUT2D eigenvalue weighted by molar-refractivity contribution is 0.327. The molecule has 0 aliphatic heterocycles. The Labute approximate surface area is 73.8 Å². The molecule has 0 saturated heterocycles. The summed E-state index contributed by atoms with van der Waals surface area (Å²) in [7, 11) is 0. The topological polar surface area (TPSA) is 38.9 Å². The van der Waals surface area contributed by atoms with Crippen molar-refractivity contribution in [1.29, 1.82) is 0 Å². The zero-order chi connectivity index (χ0) is 9.19. The van der Waals surface area contributed by atoms with Crippen LogP contribution >= 0.6 is 0 Å². The molecule has 0 aromatic carbocycles. The van der Waals surface area contributed by atoms with Gasteiger partial charge < -0.3 is 5.73 Å². The number of pyridine rings is 1.